The van der Waals surface area contributed by atoms with E-state index in [1.165, 1.54) is 38.8 Å². The first-order chi connectivity index (χ1) is 9.22. The lowest BCUT2D eigenvalue weighted by Crippen LogP contribution is -2.42. The molecule has 3 aliphatic rings. The van der Waals surface area contributed by atoms with E-state index in [9.17, 15) is 4.79 Å². The molecule has 2 bridgehead atoms. The summed E-state index contributed by atoms with van der Waals surface area (Å²) >= 11 is 0. The van der Waals surface area contributed by atoms with E-state index in [1.807, 2.05) is 0 Å². The molecule has 0 saturated carbocycles. The normalized spacial score (nSPS) is 35.7. The van der Waals surface area contributed by atoms with Gasteiger partial charge < -0.3 is 15.5 Å². The lowest BCUT2D eigenvalue weighted by Gasteiger charge is -2.30. The molecule has 0 spiro atoms. The Morgan fingerprint density at radius 1 is 1.26 bits per heavy atom. The predicted octanol–water partition coefficient (Wildman–Crippen LogP) is 0.975. The van der Waals surface area contributed by atoms with E-state index < -0.39 is 0 Å². The molecule has 2 N–H and O–H groups in total. The van der Waals surface area contributed by atoms with E-state index in [0.717, 1.165) is 25.4 Å². The standard InChI is InChI=1S/C15H27N3O/c1-11-4-7-18(8-5-11)9-6-16-15(19)13-10-12-2-3-14(13)17-12/h11-14,17H,2-10H2,1H3,(H,16,19). The first kappa shape index (κ1) is 13.4. The van der Waals surface area contributed by atoms with E-state index in [1.54, 1.807) is 0 Å². The minimum Gasteiger partial charge on any atom is -0.355 e. The van der Waals surface area contributed by atoms with Gasteiger partial charge >= 0.3 is 0 Å². The Morgan fingerprint density at radius 3 is 2.68 bits per heavy atom. The zero-order chi connectivity index (χ0) is 13.2. The van der Waals surface area contributed by atoms with Gasteiger partial charge in [-0.15, -0.1) is 0 Å². The number of nitrogens with zero attached hydrogens (tertiary/aromatic N) is 1. The molecule has 0 aromatic rings. The Kier molecular flexibility index (Phi) is 4.08. The van der Waals surface area contributed by atoms with Crippen molar-refractivity contribution >= 4 is 5.91 Å². The third-order valence-corrected chi connectivity index (χ3v) is 5.24. The predicted molar refractivity (Wildman–Crippen MR) is 75.9 cm³/mol. The maximum absolute atomic E-state index is 12.2. The third kappa shape index (κ3) is 3.11. The molecule has 108 valence electrons. The van der Waals surface area contributed by atoms with Crippen LogP contribution in [0, 0.1) is 11.8 Å². The van der Waals surface area contributed by atoms with Crippen LogP contribution in [0.15, 0.2) is 0 Å². The Hall–Kier alpha value is -0.610. The summed E-state index contributed by atoms with van der Waals surface area (Å²) in [5, 5.41) is 6.68. The maximum Gasteiger partial charge on any atom is 0.224 e. The van der Waals surface area contributed by atoms with E-state index in [2.05, 4.69) is 22.5 Å². The van der Waals surface area contributed by atoms with E-state index in [4.69, 9.17) is 0 Å². The number of rotatable bonds is 4. The highest BCUT2D eigenvalue weighted by atomic mass is 16.1. The van der Waals surface area contributed by atoms with E-state index in [-0.39, 0.29) is 11.8 Å². The van der Waals surface area contributed by atoms with Crippen molar-refractivity contribution in [1.82, 2.24) is 15.5 Å². The highest BCUT2D eigenvalue weighted by molar-refractivity contribution is 5.80. The molecular weight excluding hydrogens is 238 g/mol. The fourth-order valence-electron chi connectivity index (χ4n) is 3.87. The highest BCUT2D eigenvalue weighted by Crippen LogP contribution is 2.33. The molecule has 3 saturated heterocycles. The first-order valence-corrected chi connectivity index (χ1v) is 7.98. The number of hydrogen-bond donors (Lipinski definition) is 2. The van der Waals surface area contributed by atoms with E-state index in [0.29, 0.717) is 12.1 Å². The first-order valence-electron chi connectivity index (χ1n) is 7.98. The number of fused-ring (bicyclic) bond motifs is 2. The molecule has 1 amide bonds. The summed E-state index contributed by atoms with van der Waals surface area (Å²) in [7, 11) is 0. The van der Waals surface area contributed by atoms with Crippen LogP contribution in [0.3, 0.4) is 0 Å². The summed E-state index contributed by atoms with van der Waals surface area (Å²) in [6, 6.07) is 1.07. The smallest absolute Gasteiger partial charge is 0.224 e. The molecule has 3 heterocycles. The molecule has 4 nitrogen and oxygen atoms in total. The van der Waals surface area contributed by atoms with Gasteiger partial charge in [0.05, 0.1) is 5.92 Å². The van der Waals surface area contributed by atoms with E-state index >= 15 is 0 Å². The minimum absolute atomic E-state index is 0.236. The second-order valence-electron chi connectivity index (χ2n) is 6.70. The molecule has 3 aliphatic heterocycles. The van der Waals surface area contributed by atoms with Crippen molar-refractivity contribution in [3.63, 3.8) is 0 Å². The van der Waals surface area contributed by atoms with Crippen LogP contribution >= 0.6 is 0 Å². The lowest BCUT2D eigenvalue weighted by atomic mass is 9.88. The zero-order valence-corrected chi connectivity index (χ0v) is 12.0. The average molecular weight is 265 g/mol. The number of piperidine rings is 1. The summed E-state index contributed by atoms with van der Waals surface area (Å²) < 4.78 is 0. The Bertz CT molecular complexity index is 325. The Morgan fingerprint density at radius 2 is 2.05 bits per heavy atom. The van der Waals surface area contributed by atoms with Crippen molar-refractivity contribution < 1.29 is 4.79 Å². The van der Waals surface area contributed by atoms with Crippen molar-refractivity contribution in [1.29, 1.82) is 0 Å². The maximum atomic E-state index is 12.2. The highest BCUT2D eigenvalue weighted by Gasteiger charge is 2.42. The molecular formula is C15H27N3O. The average Bonchev–Trinajstić information content (AvgIpc) is 3.03. The van der Waals surface area contributed by atoms with Crippen LogP contribution in [-0.2, 0) is 4.79 Å². The van der Waals surface area contributed by atoms with Crippen LogP contribution < -0.4 is 10.6 Å². The van der Waals surface area contributed by atoms with Gasteiger partial charge in [0, 0.05) is 25.2 Å². The Balaban J connectivity index is 1.35. The number of likely N-dealkylation sites (tertiary alicyclic amines) is 1. The number of amides is 1. The zero-order valence-electron chi connectivity index (χ0n) is 12.0. The largest absolute Gasteiger partial charge is 0.355 e. The van der Waals surface area contributed by atoms with Gasteiger partial charge in [-0.2, -0.15) is 0 Å². The van der Waals surface area contributed by atoms with Crippen LogP contribution in [0.25, 0.3) is 0 Å². The lowest BCUT2D eigenvalue weighted by molar-refractivity contribution is -0.125. The monoisotopic (exact) mass is 265 g/mol. The van der Waals surface area contributed by atoms with Crippen molar-refractivity contribution in [3.05, 3.63) is 0 Å². The van der Waals surface area contributed by atoms with Gasteiger partial charge in [-0.3, -0.25) is 4.79 Å². The molecule has 0 aromatic heterocycles. The Labute approximate surface area is 116 Å². The van der Waals surface area contributed by atoms with Gasteiger partial charge in [0.1, 0.15) is 0 Å². The SMILES string of the molecule is CC1CCN(CCNC(=O)C2CC3CCC2N3)CC1. The summed E-state index contributed by atoms with van der Waals surface area (Å²) in [6.45, 7) is 6.58. The summed E-state index contributed by atoms with van der Waals surface area (Å²) in [6.07, 6.45) is 6.12. The molecule has 3 fully saturated rings. The molecule has 0 aromatic carbocycles. The van der Waals surface area contributed by atoms with Crippen molar-refractivity contribution in [2.75, 3.05) is 26.2 Å². The molecule has 0 aliphatic carbocycles. The second-order valence-corrected chi connectivity index (χ2v) is 6.70. The topological polar surface area (TPSA) is 44.4 Å². The van der Waals surface area contributed by atoms with Gasteiger partial charge in [0.15, 0.2) is 0 Å². The van der Waals surface area contributed by atoms with Crippen LogP contribution in [0.2, 0.25) is 0 Å². The quantitative estimate of drug-likeness (QED) is 0.796. The summed E-state index contributed by atoms with van der Waals surface area (Å²) in [4.78, 5) is 14.6. The van der Waals surface area contributed by atoms with Crippen LogP contribution in [0.4, 0.5) is 0 Å². The second kappa shape index (κ2) is 5.80. The van der Waals surface area contributed by atoms with Crippen molar-refractivity contribution in [2.24, 2.45) is 11.8 Å². The molecule has 3 unspecified atom stereocenters. The van der Waals surface area contributed by atoms with Gasteiger partial charge in [0.25, 0.3) is 0 Å². The van der Waals surface area contributed by atoms with Crippen LogP contribution in [-0.4, -0.2) is 49.1 Å². The molecule has 3 rings (SSSR count). The van der Waals surface area contributed by atoms with Crippen molar-refractivity contribution in [3.8, 4) is 0 Å². The van der Waals surface area contributed by atoms with Gasteiger partial charge in [-0.05, 0) is 51.1 Å². The molecule has 0 radical (unpaired) electrons. The number of hydrogen-bond acceptors (Lipinski definition) is 3. The number of carbonyl (C=O) groups excluding carboxylic acids is 1. The van der Waals surface area contributed by atoms with Crippen molar-refractivity contribution in [2.45, 2.75) is 51.1 Å². The number of nitrogens with one attached hydrogen (secondary N) is 2. The number of carbonyl (C=O) groups is 1. The van der Waals surface area contributed by atoms with Crippen LogP contribution in [0.1, 0.15) is 39.0 Å². The van der Waals surface area contributed by atoms with Crippen LogP contribution in [0.5, 0.6) is 0 Å². The molecule has 19 heavy (non-hydrogen) atoms. The minimum atomic E-state index is 0.236. The fourth-order valence-corrected chi connectivity index (χ4v) is 3.87. The summed E-state index contributed by atoms with van der Waals surface area (Å²) in [5.74, 6) is 1.40. The molecule has 3 atom stereocenters. The third-order valence-electron chi connectivity index (χ3n) is 5.24. The fraction of sp³-hybridized carbons (Fsp3) is 0.933. The van der Waals surface area contributed by atoms with Gasteiger partial charge in [0.2, 0.25) is 5.91 Å². The van der Waals surface area contributed by atoms with Gasteiger partial charge in [-0.1, -0.05) is 6.92 Å². The molecule has 4 heteroatoms. The van der Waals surface area contributed by atoms with Gasteiger partial charge in [-0.25, -0.2) is 0 Å². The summed E-state index contributed by atoms with van der Waals surface area (Å²) in [5.41, 5.74) is 0.